The van der Waals surface area contributed by atoms with Gasteiger partial charge in [-0.2, -0.15) is 4.31 Å². The first kappa shape index (κ1) is 14.2. The first-order valence-electron chi connectivity index (χ1n) is 8.00. The van der Waals surface area contributed by atoms with E-state index >= 15 is 0 Å². The van der Waals surface area contributed by atoms with E-state index in [2.05, 4.69) is 5.32 Å². The molecule has 1 aliphatic carbocycles. The molecule has 0 bridgehead atoms. The summed E-state index contributed by atoms with van der Waals surface area (Å²) in [5.74, 6) is 0.466. The molecular formula is C16H20N2O3S. The largest absolute Gasteiger partial charge is 0.326 e. The summed E-state index contributed by atoms with van der Waals surface area (Å²) in [6.45, 7) is 0.623. The van der Waals surface area contributed by atoms with Gasteiger partial charge >= 0.3 is 0 Å². The lowest BCUT2D eigenvalue weighted by atomic mass is 9.79. The molecule has 0 aromatic heterocycles. The van der Waals surface area contributed by atoms with Gasteiger partial charge in [-0.05, 0) is 55.4 Å². The molecule has 1 N–H and O–H groups in total. The maximum Gasteiger partial charge on any atom is 0.243 e. The van der Waals surface area contributed by atoms with E-state index in [1.165, 1.54) is 6.42 Å². The van der Waals surface area contributed by atoms with Crippen LogP contribution >= 0.6 is 0 Å². The zero-order valence-corrected chi connectivity index (χ0v) is 13.2. The van der Waals surface area contributed by atoms with E-state index in [-0.39, 0.29) is 18.4 Å². The molecule has 6 heteroatoms. The van der Waals surface area contributed by atoms with Gasteiger partial charge in [0.25, 0.3) is 0 Å². The number of benzene rings is 1. The molecule has 2 fully saturated rings. The molecule has 4 rings (SSSR count). The van der Waals surface area contributed by atoms with Crippen molar-refractivity contribution in [3.05, 3.63) is 23.8 Å². The van der Waals surface area contributed by atoms with E-state index in [1.807, 2.05) is 0 Å². The molecule has 1 unspecified atom stereocenters. The third-order valence-corrected chi connectivity index (χ3v) is 7.17. The Bertz CT molecular complexity index is 725. The van der Waals surface area contributed by atoms with Crippen molar-refractivity contribution in [3.63, 3.8) is 0 Å². The van der Waals surface area contributed by atoms with Gasteiger partial charge in [0.1, 0.15) is 0 Å². The summed E-state index contributed by atoms with van der Waals surface area (Å²) in [6, 6.07) is 5.17. The molecule has 1 saturated carbocycles. The first-order valence-corrected chi connectivity index (χ1v) is 9.44. The molecule has 1 atom stereocenters. The Balaban J connectivity index is 1.66. The standard InChI is InChI=1S/C16H20N2O3S/c19-16-10-12-9-13(6-7-14(12)17-16)22(20,21)18-8-2-5-15(18)11-3-1-4-11/h6-7,9,11,15H,1-5,8,10H2,(H,17,19). The number of carbonyl (C=O) groups excluding carboxylic acids is 1. The van der Waals surface area contributed by atoms with Crippen LogP contribution in [0.5, 0.6) is 0 Å². The van der Waals surface area contributed by atoms with Crippen LogP contribution in [0.4, 0.5) is 5.69 Å². The molecule has 118 valence electrons. The van der Waals surface area contributed by atoms with E-state index in [0.29, 0.717) is 17.4 Å². The van der Waals surface area contributed by atoms with Crippen LogP contribution in [0.15, 0.2) is 23.1 Å². The Morgan fingerprint density at radius 2 is 1.95 bits per heavy atom. The van der Waals surface area contributed by atoms with Gasteiger partial charge in [0.05, 0.1) is 11.3 Å². The number of hydrogen-bond acceptors (Lipinski definition) is 3. The molecule has 1 amide bonds. The third kappa shape index (κ3) is 2.16. The fourth-order valence-corrected chi connectivity index (χ4v) is 5.67. The van der Waals surface area contributed by atoms with Gasteiger partial charge in [0.2, 0.25) is 15.9 Å². The predicted molar refractivity (Wildman–Crippen MR) is 83.0 cm³/mol. The normalized spacial score (nSPS) is 25.8. The van der Waals surface area contributed by atoms with Crippen molar-refractivity contribution in [2.45, 2.75) is 49.5 Å². The Kier molecular flexibility index (Phi) is 3.27. The Labute approximate surface area is 130 Å². The summed E-state index contributed by atoms with van der Waals surface area (Å²) in [6.07, 6.45) is 5.73. The zero-order chi connectivity index (χ0) is 15.3. The van der Waals surface area contributed by atoms with E-state index < -0.39 is 10.0 Å². The zero-order valence-electron chi connectivity index (χ0n) is 12.4. The molecule has 22 heavy (non-hydrogen) atoms. The molecule has 1 saturated heterocycles. The summed E-state index contributed by atoms with van der Waals surface area (Å²) in [7, 11) is -3.45. The number of sulfonamides is 1. The second-order valence-corrected chi connectivity index (χ2v) is 8.45. The summed E-state index contributed by atoms with van der Waals surface area (Å²) < 4.78 is 27.7. The molecule has 2 heterocycles. The van der Waals surface area contributed by atoms with Gasteiger partial charge in [-0.1, -0.05) is 6.42 Å². The molecule has 1 aromatic carbocycles. The molecule has 0 spiro atoms. The maximum atomic E-state index is 13.0. The topological polar surface area (TPSA) is 66.5 Å². The highest BCUT2D eigenvalue weighted by molar-refractivity contribution is 7.89. The van der Waals surface area contributed by atoms with E-state index in [1.54, 1.807) is 22.5 Å². The molecule has 0 radical (unpaired) electrons. The molecule has 5 nitrogen and oxygen atoms in total. The summed E-state index contributed by atoms with van der Waals surface area (Å²) in [5, 5.41) is 2.74. The molecule has 3 aliphatic rings. The van der Waals surface area contributed by atoms with Crippen molar-refractivity contribution in [2.75, 3.05) is 11.9 Å². The quantitative estimate of drug-likeness (QED) is 0.928. The van der Waals surface area contributed by atoms with E-state index in [9.17, 15) is 13.2 Å². The summed E-state index contributed by atoms with van der Waals surface area (Å²) in [5.41, 5.74) is 1.52. The van der Waals surface area contributed by atoms with Crippen LogP contribution in [0.2, 0.25) is 0 Å². The number of nitrogens with zero attached hydrogens (tertiary/aromatic N) is 1. The number of fused-ring (bicyclic) bond motifs is 1. The first-order chi connectivity index (χ1) is 10.6. The van der Waals surface area contributed by atoms with Crippen LogP contribution in [0, 0.1) is 5.92 Å². The predicted octanol–water partition coefficient (Wildman–Crippen LogP) is 2.13. The Morgan fingerprint density at radius 1 is 1.14 bits per heavy atom. The molecule has 2 aliphatic heterocycles. The lowest BCUT2D eigenvalue weighted by Gasteiger charge is -2.36. The Hall–Kier alpha value is -1.40. The monoisotopic (exact) mass is 320 g/mol. The number of nitrogens with one attached hydrogen (secondary N) is 1. The van der Waals surface area contributed by atoms with Crippen molar-refractivity contribution in [1.29, 1.82) is 0 Å². The van der Waals surface area contributed by atoms with Crippen LogP contribution < -0.4 is 5.32 Å². The number of carbonyl (C=O) groups is 1. The van der Waals surface area contributed by atoms with Crippen molar-refractivity contribution < 1.29 is 13.2 Å². The minimum atomic E-state index is -3.45. The average Bonchev–Trinajstić information content (AvgIpc) is 3.01. The summed E-state index contributed by atoms with van der Waals surface area (Å²) in [4.78, 5) is 11.8. The fraction of sp³-hybridized carbons (Fsp3) is 0.562. The number of anilines is 1. The Morgan fingerprint density at radius 3 is 2.68 bits per heavy atom. The van der Waals surface area contributed by atoms with Gasteiger partial charge in [-0.15, -0.1) is 0 Å². The SMILES string of the molecule is O=C1Cc2cc(S(=O)(=O)N3CCCC3C3CCC3)ccc2N1. The number of amides is 1. The highest BCUT2D eigenvalue weighted by atomic mass is 32.2. The van der Waals surface area contributed by atoms with Gasteiger partial charge in [0.15, 0.2) is 0 Å². The van der Waals surface area contributed by atoms with Crippen LogP contribution in [0.3, 0.4) is 0 Å². The lowest BCUT2D eigenvalue weighted by Crippen LogP contribution is -2.42. The second-order valence-electron chi connectivity index (χ2n) is 6.56. The lowest BCUT2D eigenvalue weighted by molar-refractivity contribution is -0.115. The van der Waals surface area contributed by atoms with Gasteiger partial charge in [0, 0.05) is 18.3 Å². The maximum absolute atomic E-state index is 13.0. The van der Waals surface area contributed by atoms with Crippen molar-refractivity contribution in [1.82, 2.24) is 4.31 Å². The van der Waals surface area contributed by atoms with E-state index in [4.69, 9.17) is 0 Å². The second kappa shape index (κ2) is 5.06. The van der Waals surface area contributed by atoms with Gasteiger partial charge in [-0.25, -0.2) is 8.42 Å². The van der Waals surface area contributed by atoms with Crippen LogP contribution in [0.1, 0.15) is 37.7 Å². The van der Waals surface area contributed by atoms with Gasteiger partial charge in [-0.3, -0.25) is 4.79 Å². The highest BCUT2D eigenvalue weighted by Gasteiger charge is 2.41. The van der Waals surface area contributed by atoms with Crippen molar-refractivity contribution >= 4 is 21.6 Å². The third-order valence-electron chi connectivity index (χ3n) is 5.25. The molecule has 1 aromatic rings. The van der Waals surface area contributed by atoms with Crippen molar-refractivity contribution in [3.8, 4) is 0 Å². The molecular weight excluding hydrogens is 300 g/mol. The smallest absolute Gasteiger partial charge is 0.243 e. The minimum Gasteiger partial charge on any atom is -0.326 e. The van der Waals surface area contributed by atoms with E-state index in [0.717, 1.165) is 36.9 Å². The van der Waals surface area contributed by atoms with Crippen LogP contribution in [-0.2, 0) is 21.2 Å². The number of hydrogen-bond donors (Lipinski definition) is 1. The summed E-state index contributed by atoms with van der Waals surface area (Å²) >= 11 is 0. The number of rotatable bonds is 3. The highest BCUT2D eigenvalue weighted by Crippen LogP contribution is 2.40. The fourth-order valence-electron chi connectivity index (χ4n) is 3.86. The van der Waals surface area contributed by atoms with Crippen molar-refractivity contribution in [2.24, 2.45) is 5.92 Å². The van der Waals surface area contributed by atoms with Gasteiger partial charge < -0.3 is 5.32 Å². The minimum absolute atomic E-state index is 0.0712. The van der Waals surface area contributed by atoms with Crippen LogP contribution in [0.25, 0.3) is 0 Å². The average molecular weight is 320 g/mol. The van der Waals surface area contributed by atoms with Crippen LogP contribution in [-0.4, -0.2) is 31.2 Å².